The van der Waals surface area contributed by atoms with Gasteiger partial charge in [0.1, 0.15) is 11.4 Å². The lowest BCUT2D eigenvalue weighted by Crippen LogP contribution is -2.34. The van der Waals surface area contributed by atoms with Crippen LogP contribution in [0.2, 0.25) is 0 Å². The number of esters is 1. The molecule has 10 heteroatoms. The Morgan fingerprint density at radius 1 is 0.642 bits per heavy atom. The van der Waals surface area contributed by atoms with Crippen molar-refractivity contribution in [3.63, 3.8) is 0 Å². The summed E-state index contributed by atoms with van der Waals surface area (Å²) in [6.07, 6.45) is 1.70. The normalized spacial score (nSPS) is 29.3. The minimum absolute atomic E-state index is 0.0637. The number of epoxide rings is 4. The van der Waals surface area contributed by atoms with Crippen molar-refractivity contribution in [3.05, 3.63) is 35.9 Å². The highest BCUT2D eigenvalue weighted by molar-refractivity contribution is 5.94. The first-order valence-electron chi connectivity index (χ1n) is 19.0. The van der Waals surface area contributed by atoms with Gasteiger partial charge in [-0.3, -0.25) is 19.2 Å². The fourth-order valence-electron chi connectivity index (χ4n) is 4.58. The molecule has 7 atom stereocenters. The Labute approximate surface area is 320 Å². The number of hydrogen-bond donors (Lipinski definition) is 0. The summed E-state index contributed by atoms with van der Waals surface area (Å²) >= 11 is 0. The predicted octanol–water partition coefficient (Wildman–Crippen LogP) is 8.73. The van der Waals surface area contributed by atoms with Crippen LogP contribution >= 0.6 is 0 Å². The van der Waals surface area contributed by atoms with E-state index in [-0.39, 0.29) is 70.5 Å². The van der Waals surface area contributed by atoms with E-state index in [4.69, 9.17) is 23.7 Å². The predicted molar refractivity (Wildman–Crippen MR) is 209 cm³/mol. The average molecular weight is 749 g/mol. The molecule has 0 N–H and O–H groups in total. The summed E-state index contributed by atoms with van der Waals surface area (Å²) in [6.45, 7) is 36.2. The van der Waals surface area contributed by atoms with E-state index in [9.17, 15) is 24.0 Å². The van der Waals surface area contributed by atoms with E-state index in [1.54, 1.807) is 20.8 Å². The van der Waals surface area contributed by atoms with Gasteiger partial charge >= 0.3 is 5.97 Å². The first-order valence-corrected chi connectivity index (χ1v) is 19.0. The maximum absolute atomic E-state index is 11.6. The number of Topliss-reactive ketones (excluding diaryl/α,β-unsaturated/α-hetero) is 4. The molecule has 5 rings (SSSR count). The molecule has 304 valence electrons. The maximum Gasteiger partial charge on any atom is 0.340 e. The number of rotatable bonds is 8. The number of carbonyl (C=O) groups is 5. The van der Waals surface area contributed by atoms with E-state index in [0.717, 1.165) is 5.56 Å². The van der Waals surface area contributed by atoms with Gasteiger partial charge in [-0.05, 0) is 82.6 Å². The molecule has 0 aliphatic carbocycles. The van der Waals surface area contributed by atoms with E-state index in [1.807, 2.05) is 120 Å². The minimum atomic E-state index is -0.756. The third-order valence-electron chi connectivity index (χ3n) is 9.86. The first-order chi connectivity index (χ1) is 24.0. The second kappa shape index (κ2) is 19.7. The standard InChI is InChI=1S/C13H22O4.C9H16O2.C8H8O.C6H10O2.C5H10O.C2H6/c1-9-13(5,17-9)11(15)16-8-6-7-10(14)12(2,3)4;1-6-9(5,11-6)7(10)8(2,3)4;1-7(9)8-5-3-2-4-6-8;1-4(7)6(3)5(2)8-6;1-4-5(2,3)6-4;1-2/h9H,6-8H2,1-5H3;6H,1-5H3;2-6H,1H3;5H,1-3H3;4H,1-3H3;1-2H3. The second-order valence-electron chi connectivity index (χ2n) is 16.9. The van der Waals surface area contributed by atoms with Crippen molar-refractivity contribution in [2.45, 2.75) is 191 Å². The molecule has 0 bridgehead atoms. The monoisotopic (exact) mass is 749 g/mol. The molecule has 4 fully saturated rings. The minimum Gasteiger partial charge on any atom is -0.463 e. The Bertz CT molecular complexity index is 1370. The Morgan fingerprint density at radius 2 is 1.02 bits per heavy atom. The van der Waals surface area contributed by atoms with E-state index >= 15 is 0 Å². The molecule has 53 heavy (non-hydrogen) atoms. The van der Waals surface area contributed by atoms with E-state index < -0.39 is 16.8 Å². The molecular weight excluding hydrogens is 676 g/mol. The van der Waals surface area contributed by atoms with Gasteiger partial charge in [0, 0.05) is 22.8 Å². The van der Waals surface area contributed by atoms with Crippen LogP contribution in [0.5, 0.6) is 0 Å². The number of carbonyl (C=O) groups excluding carboxylic acids is 5. The highest BCUT2D eigenvalue weighted by atomic mass is 16.7. The molecule has 7 unspecified atom stereocenters. The molecule has 0 aromatic heterocycles. The first kappa shape index (κ1) is 50.2. The molecule has 4 aliphatic heterocycles. The molecule has 4 heterocycles. The van der Waals surface area contributed by atoms with Crippen LogP contribution in [0.1, 0.15) is 155 Å². The molecule has 4 aliphatic rings. The van der Waals surface area contributed by atoms with Crippen LogP contribution in [-0.4, -0.2) is 82.5 Å². The maximum atomic E-state index is 11.6. The molecule has 10 nitrogen and oxygen atoms in total. The number of ether oxygens (including phenoxy) is 5. The summed E-state index contributed by atoms with van der Waals surface area (Å²) < 4.78 is 25.6. The van der Waals surface area contributed by atoms with Gasteiger partial charge in [-0.2, -0.15) is 0 Å². The fourth-order valence-corrected chi connectivity index (χ4v) is 4.58. The van der Waals surface area contributed by atoms with Crippen molar-refractivity contribution in [3.8, 4) is 0 Å². The number of benzene rings is 1. The second-order valence-corrected chi connectivity index (χ2v) is 16.9. The third-order valence-corrected chi connectivity index (χ3v) is 9.86. The molecule has 1 aromatic rings. The topological polar surface area (TPSA) is 145 Å². The van der Waals surface area contributed by atoms with Gasteiger partial charge in [0.25, 0.3) is 0 Å². The van der Waals surface area contributed by atoms with E-state index in [1.165, 1.54) is 0 Å². The lowest BCUT2D eigenvalue weighted by atomic mass is 9.82. The quantitative estimate of drug-likeness (QED) is 0.110. The van der Waals surface area contributed by atoms with Crippen LogP contribution in [0.3, 0.4) is 0 Å². The number of hydrogen-bond acceptors (Lipinski definition) is 10. The summed E-state index contributed by atoms with van der Waals surface area (Å²) in [7, 11) is 0. The van der Waals surface area contributed by atoms with Crippen molar-refractivity contribution in [2.75, 3.05) is 6.61 Å². The van der Waals surface area contributed by atoms with Crippen LogP contribution in [0.15, 0.2) is 30.3 Å². The van der Waals surface area contributed by atoms with Gasteiger partial charge in [-0.25, -0.2) is 4.79 Å². The summed E-state index contributed by atoms with van der Waals surface area (Å²) in [5, 5.41) is 0. The highest BCUT2D eigenvalue weighted by Gasteiger charge is 2.58. The lowest BCUT2D eigenvalue weighted by Gasteiger charge is -2.19. The fraction of sp³-hybridized carbons (Fsp3) is 0.744. The van der Waals surface area contributed by atoms with Crippen molar-refractivity contribution < 1.29 is 47.7 Å². The largest absolute Gasteiger partial charge is 0.463 e. The smallest absolute Gasteiger partial charge is 0.340 e. The number of ketones is 4. The Kier molecular flexibility index (Phi) is 18.7. The van der Waals surface area contributed by atoms with E-state index in [0.29, 0.717) is 18.9 Å². The third kappa shape index (κ3) is 16.2. The van der Waals surface area contributed by atoms with Crippen LogP contribution in [0.4, 0.5) is 0 Å². The Balaban J connectivity index is 0.000000657. The zero-order valence-corrected chi connectivity index (χ0v) is 36.4. The average Bonchev–Trinajstić information content (AvgIpc) is 4.03. The molecule has 0 amide bonds. The molecule has 4 saturated heterocycles. The molecular formula is C43H72O10. The zero-order valence-electron chi connectivity index (χ0n) is 36.4. The van der Waals surface area contributed by atoms with Crippen LogP contribution in [0, 0.1) is 10.8 Å². The molecule has 0 saturated carbocycles. The van der Waals surface area contributed by atoms with Gasteiger partial charge in [-0.15, -0.1) is 0 Å². The summed E-state index contributed by atoms with van der Waals surface area (Å²) in [5.41, 5.74) is -1.28. The Hall–Kier alpha value is -2.79. The zero-order chi connectivity index (χ0) is 42.0. The van der Waals surface area contributed by atoms with Crippen LogP contribution in [-0.2, 0) is 42.9 Å². The summed E-state index contributed by atoms with van der Waals surface area (Å²) in [4.78, 5) is 56.0. The van der Waals surface area contributed by atoms with Crippen molar-refractivity contribution in [1.82, 2.24) is 0 Å². The lowest BCUT2D eigenvalue weighted by molar-refractivity contribution is -0.149. The highest BCUT2D eigenvalue weighted by Crippen LogP contribution is 2.41. The molecule has 0 spiro atoms. The molecule has 0 radical (unpaired) electrons. The van der Waals surface area contributed by atoms with E-state index in [2.05, 4.69) is 20.8 Å². The van der Waals surface area contributed by atoms with Crippen molar-refractivity contribution >= 4 is 29.1 Å². The van der Waals surface area contributed by atoms with Crippen molar-refractivity contribution in [1.29, 1.82) is 0 Å². The van der Waals surface area contributed by atoms with Crippen molar-refractivity contribution in [2.24, 2.45) is 10.8 Å². The summed E-state index contributed by atoms with van der Waals surface area (Å²) in [5.74, 6) is 0.321. The van der Waals surface area contributed by atoms with Gasteiger partial charge in [-0.1, -0.05) is 85.7 Å². The van der Waals surface area contributed by atoms with Gasteiger partial charge in [0.2, 0.25) is 0 Å². The SMILES string of the molecule is CC.CC(=O)C1(C)OC1C.CC(=O)c1ccccc1.CC1OC1(C)C.CC1OC1(C)C(=O)C(C)(C)C.CC1OC1(C)C(=O)OCCCC(=O)C(C)(C)C. The Morgan fingerprint density at radius 3 is 1.23 bits per heavy atom. The van der Waals surface area contributed by atoms with Gasteiger partial charge in [0.15, 0.2) is 28.6 Å². The van der Waals surface area contributed by atoms with Crippen LogP contribution < -0.4 is 0 Å². The van der Waals surface area contributed by atoms with Gasteiger partial charge < -0.3 is 23.7 Å². The molecule has 1 aromatic carbocycles. The summed E-state index contributed by atoms with van der Waals surface area (Å²) in [6, 6.07) is 9.23. The van der Waals surface area contributed by atoms with Gasteiger partial charge in [0.05, 0.1) is 36.6 Å². The van der Waals surface area contributed by atoms with Crippen LogP contribution in [0.25, 0.3) is 0 Å².